The molecule has 0 heterocycles. The van der Waals surface area contributed by atoms with Gasteiger partial charge in [0.1, 0.15) is 5.75 Å². The van der Waals surface area contributed by atoms with Gasteiger partial charge in [0, 0.05) is 32.3 Å². The summed E-state index contributed by atoms with van der Waals surface area (Å²) >= 11 is 5.08. The second-order valence-corrected chi connectivity index (χ2v) is 7.30. The second-order valence-electron chi connectivity index (χ2n) is 2.80. The Kier molecular flexibility index (Phi) is 5.08. The molecule has 16 heavy (non-hydrogen) atoms. The number of para-hydroxylation sites is 1. The predicted octanol–water partition coefficient (Wildman–Crippen LogP) is 2.32. The van der Waals surface area contributed by atoms with Crippen LogP contribution in [0.25, 0.3) is 0 Å². The van der Waals surface area contributed by atoms with Crippen LogP contribution in [0, 0.1) is 0 Å². The van der Waals surface area contributed by atoms with Crippen LogP contribution in [0.1, 0.15) is 0 Å². The maximum atomic E-state index is 11.5. The van der Waals surface area contributed by atoms with Crippen LogP contribution in [0.5, 0.6) is 5.75 Å². The summed E-state index contributed by atoms with van der Waals surface area (Å²) in [6.07, 6.45) is 1.57. The summed E-state index contributed by atoms with van der Waals surface area (Å²) in [5, 5.41) is 0. The third-order valence-electron chi connectivity index (χ3n) is 1.82. The van der Waals surface area contributed by atoms with Crippen molar-refractivity contribution in [1.82, 2.24) is 0 Å². The summed E-state index contributed by atoms with van der Waals surface area (Å²) < 4.78 is 27.0. The Morgan fingerprint density at radius 3 is 2.31 bits per heavy atom. The first-order valence-corrected chi connectivity index (χ1v) is 8.47. The van der Waals surface area contributed by atoms with Crippen molar-refractivity contribution in [3.8, 4) is 5.75 Å². The molecular formula is C9H13O4PS2. The lowest BCUT2D eigenvalue weighted by atomic mass is 10.3. The maximum Gasteiger partial charge on any atom is 0.380 e. The standard InChI is InChI=1S/C9H13O4PS2/c1-11-14(15,12-2)13-8-6-4-5-7-9(8)16(3)10/h4-7H,1-3H3. The van der Waals surface area contributed by atoms with Crippen LogP contribution in [-0.4, -0.2) is 24.7 Å². The molecule has 0 aromatic heterocycles. The smallest absolute Gasteiger partial charge is 0.380 e. The third kappa shape index (κ3) is 3.37. The third-order valence-corrected chi connectivity index (χ3v) is 5.21. The highest BCUT2D eigenvalue weighted by atomic mass is 32.5. The summed E-state index contributed by atoms with van der Waals surface area (Å²) in [7, 11) is 1.71. The molecule has 0 amide bonds. The Labute approximate surface area is 103 Å². The minimum Gasteiger partial charge on any atom is -0.423 e. The Morgan fingerprint density at radius 1 is 1.25 bits per heavy atom. The molecule has 7 heteroatoms. The van der Waals surface area contributed by atoms with Crippen molar-refractivity contribution in [3.63, 3.8) is 0 Å². The van der Waals surface area contributed by atoms with E-state index >= 15 is 0 Å². The van der Waals surface area contributed by atoms with E-state index in [4.69, 9.17) is 25.4 Å². The normalized spacial score (nSPS) is 13.4. The molecule has 1 aromatic rings. The highest BCUT2D eigenvalue weighted by molar-refractivity contribution is 8.07. The molecule has 0 radical (unpaired) electrons. The molecule has 0 aliphatic rings. The first-order valence-electron chi connectivity index (χ1n) is 4.36. The van der Waals surface area contributed by atoms with Crippen molar-refractivity contribution < 1.29 is 17.8 Å². The van der Waals surface area contributed by atoms with E-state index < -0.39 is 17.5 Å². The average Bonchev–Trinajstić information content (AvgIpc) is 2.29. The molecule has 1 aromatic carbocycles. The van der Waals surface area contributed by atoms with Crippen molar-refractivity contribution >= 4 is 29.3 Å². The van der Waals surface area contributed by atoms with E-state index in [2.05, 4.69) is 0 Å². The zero-order chi connectivity index (χ0) is 12.2. The number of hydrogen-bond acceptors (Lipinski definition) is 5. The van der Waals surface area contributed by atoms with Crippen LogP contribution in [0.15, 0.2) is 29.2 Å². The quantitative estimate of drug-likeness (QED) is 0.774. The Bertz CT molecular complexity index is 427. The molecule has 90 valence electrons. The van der Waals surface area contributed by atoms with Crippen molar-refractivity contribution in [2.75, 3.05) is 20.5 Å². The van der Waals surface area contributed by atoms with Crippen LogP contribution in [0.2, 0.25) is 0 Å². The van der Waals surface area contributed by atoms with Gasteiger partial charge < -0.3 is 13.6 Å². The molecule has 0 bridgehead atoms. The van der Waals surface area contributed by atoms with Gasteiger partial charge in [-0.15, -0.1) is 0 Å². The first kappa shape index (κ1) is 13.8. The lowest BCUT2D eigenvalue weighted by Crippen LogP contribution is -2.00. The molecule has 0 fully saturated rings. The van der Waals surface area contributed by atoms with E-state index in [1.165, 1.54) is 14.2 Å². The van der Waals surface area contributed by atoms with E-state index in [-0.39, 0.29) is 0 Å². The monoisotopic (exact) mass is 280 g/mol. The fourth-order valence-corrected chi connectivity index (χ4v) is 2.70. The molecule has 1 atom stereocenters. The SMILES string of the molecule is COP(=S)(OC)Oc1ccccc1S(C)=O. The molecule has 0 aliphatic heterocycles. The second kappa shape index (κ2) is 5.89. The van der Waals surface area contributed by atoms with Gasteiger partial charge in [-0.05, 0) is 12.1 Å². The van der Waals surface area contributed by atoms with Crippen molar-refractivity contribution in [3.05, 3.63) is 24.3 Å². The van der Waals surface area contributed by atoms with Crippen molar-refractivity contribution in [1.29, 1.82) is 0 Å². The zero-order valence-corrected chi connectivity index (χ0v) is 11.7. The van der Waals surface area contributed by atoms with Gasteiger partial charge in [0.2, 0.25) is 0 Å². The minimum atomic E-state index is -2.77. The minimum absolute atomic E-state index is 0.440. The fourth-order valence-electron chi connectivity index (χ4n) is 1.03. The molecular weight excluding hydrogens is 267 g/mol. The molecule has 0 saturated heterocycles. The van der Waals surface area contributed by atoms with Gasteiger partial charge in [0.05, 0.1) is 15.7 Å². The fraction of sp³-hybridized carbons (Fsp3) is 0.333. The van der Waals surface area contributed by atoms with Gasteiger partial charge in [-0.1, -0.05) is 12.1 Å². The van der Waals surface area contributed by atoms with Crippen LogP contribution >= 0.6 is 6.72 Å². The lowest BCUT2D eigenvalue weighted by molar-refractivity contribution is 0.271. The average molecular weight is 280 g/mol. The number of rotatable bonds is 5. The Hall–Kier alpha value is -0.260. The zero-order valence-electron chi connectivity index (χ0n) is 9.21. The van der Waals surface area contributed by atoms with E-state index in [0.717, 1.165) is 0 Å². The highest BCUT2D eigenvalue weighted by Gasteiger charge is 2.20. The molecule has 1 unspecified atom stereocenters. The van der Waals surface area contributed by atoms with E-state index in [9.17, 15) is 4.21 Å². The molecule has 0 spiro atoms. The van der Waals surface area contributed by atoms with Gasteiger partial charge in [-0.3, -0.25) is 4.21 Å². The lowest BCUT2D eigenvalue weighted by Gasteiger charge is -2.19. The number of benzene rings is 1. The van der Waals surface area contributed by atoms with Gasteiger partial charge in [-0.25, -0.2) is 0 Å². The number of hydrogen-bond donors (Lipinski definition) is 0. The van der Waals surface area contributed by atoms with Gasteiger partial charge in [0.15, 0.2) is 0 Å². The molecule has 1 rings (SSSR count). The van der Waals surface area contributed by atoms with Gasteiger partial charge in [-0.2, -0.15) is 0 Å². The van der Waals surface area contributed by atoms with Gasteiger partial charge in [0.25, 0.3) is 0 Å². The predicted molar refractivity (Wildman–Crippen MR) is 67.7 cm³/mol. The van der Waals surface area contributed by atoms with E-state index in [1.807, 2.05) is 0 Å². The van der Waals surface area contributed by atoms with E-state index in [1.54, 1.807) is 30.5 Å². The first-order chi connectivity index (χ1) is 7.52. The Morgan fingerprint density at radius 2 is 1.81 bits per heavy atom. The summed E-state index contributed by atoms with van der Waals surface area (Å²) in [4.78, 5) is 0.575. The maximum absolute atomic E-state index is 11.5. The van der Waals surface area contributed by atoms with Crippen LogP contribution in [0.3, 0.4) is 0 Å². The Balaban J connectivity index is 3.06. The van der Waals surface area contributed by atoms with Crippen LogP contribution in [0.4, 0.5) is 0 Å². The van der Waals surface area contributed by atoms with Crippen LogP contribution < -0.4 is 4.52 Å². The topological polar surface area (TPSA) is 44.8 Å². The molecule has 0 saturated carbocycles. The van der Waals surface area contributed by atoms with Crippen molar-refractivity contribution in [2.45, 2.75) is 4.90 Å². The van der Waals surface area contributed by atoms with E-state index in [0.29, 0.717) is 10.6 Å². The molecule has 0 N–H and O–H groups in total. The summed E-state index contributed by atoms with van der Waals surface area (Å²) in [5.41, 5.74) is 0. The van der Waals surface area contributed by atoms with Crippen LogP contribution in [-0.2, 0) is 31.7 Å². The highest BCUT2D eigenvalue weighted by Crippen LogP contribution is 2.49. The molecule has 0 aliphatic carbocycles. The summed E-state index contributed by atoms with van der Waals surface area (Å²) in [6.45, 7) is -2.77. The summed E-state index contributed by atoms with van der Waals surface area (Å²) in [6, 6.07) is 6.97. The molecule has 4 nitrogen and oxygen atoms in total. The largest absolute Gasteiger partial charge is 0.423 e. The summed E-state index contributed by atoms with van der Waals surface area (Å²) in [5.74, 6) is 0.440. The van der Waals surface area contributed by atoms with Crippen molar-refractivity contribution in [2.24, 2.45) is 0 Å². The van der Waals surface area contributed by atoms with Gasteiger partial charge >= 0.3 is 6.72 Å².